The minimum Gasteiger partial charge on any atom is -0.367 e. The number of aromatic nitrogens is 2. The lowest BCUT2D eigenvalue weighted by Gasteiger charge is -2.27. The predicted octanol–water partition coefficient (Wildman–Crippen LogP) is 2.64. The van der Waals surface area contributed by atoms with Crippen LogP contribution >= 0.6 is 0 Å². The Balaban J connectivity index is 2.05. The first-order valence-corrected chi connectivity index (χ1v) is 6.08. The molecule has 1 saturated carbocycles. The quantitative estimate of drug-likeness (QED) is 0.848. The molecule has 2 N–H and O–H groups in total. The molecule has 88 valence electrons. The predicted molar refractivity (Wildman–Crippen MR) is 70.3 cm³/mol. The van der Waals surface area contributed by atoms with E-state index in [-0.39, 0.29) is 0 Å². The molecule has 2 aromatic rings. The first kappa shape index (κ1) is 10.3. The molecule has 3 rings (SSSR count). The molecule has 0 amide bonds. The van der Waals surface area contributed by atoms with Gasteiger partial charge in [-0.25, -0.2) is 4.98 Å². The third kappa shape index (κ3) is 1.90. The molecule has 1 fully saturated rings. The Kier molecular flexibility index (Phi) is 2.55. The summed E-state index contributed by atoms with van der Waals surface area (Å²) in [5.41, 5.74) is 0.980. The lowest BCUT2D eigenvalue weighted by Crippen LogP contribution is -2.27. The van der Waals surface area contributed by atoms with E-state index in [9.17, 15) is 0 Å². The monoisotopic (exact) mass is 228 g/mol. The summed E-state index contributed by atoms with van der Waals surface area (Å²) in [6.45, 7) is 0. The van der Waals surface area contributed by atoms with Gasteiger partial charge in [0.1, 0.15) is 5.82 Å². The summed E-state index contributed by atoms with van der Waals surface area (Å²) >= 11 is 0. The van der Waals surface area contributed by atoms with E-state index in [2.05, 4.69) is 26.7 Å². The number of anilines is 2. The molecule has 1 aliphatic carbocycles. The minimum absolute atomic E-state index is 0.581. The maximum atomic E-state index is 4.51. The highest BCUT2D eigenvalue weighted by molar-refractivity contribution is 5.90. The topological polar surface area (TPSA) is 49.8 Å². The van der Waals surface area contributed by atoms with Crippen molar-refractivity contribution < 1.29 is 0 Å². The summed E-state index contributed by atoms with van der Waals surface area (Å²) < 4.78 is 0. The first-order chi connectivity index (χ1) is 8.36. The van der Waals surface area contributed by atoms with Crippen LogP contribution in [0.5, 0.6) is 0 Å². The Labute approximate surface area is 100 Å². The first-order valence-electron chi connectivity index (χ1n) is 6.08. The van der Waals surface area contributed by atoms with Gasteiger partial charge in [0, 0.05) is 18.5 Å². The largest absolute Gasteiger partial charge is 0.367 e. The number of benzene rings is 1. The van der Waals surface area contributed by atoms with E-state index >= 15 is 0 Å². The Bertz CT molecular complexity index is 534. The van der Waals surface area contributed by atoms with Crippen LogP contribution in [0.1, 0.15) is 19.3 Å². The van der Waals surface area contributed by atoms with Gasteiger partial charge in [0.2, 0.25) is 5.95 Å². The van der Waals surface area contributed by atoms with Crippen LogP contribution in [0.15, 0.2) is 24.3 Å². The average Bonchev–Trinajstić information content (AvgIpc) is 2.33. The fourth-order valence-electron chi connectivity index (χ4n) is 2.04. The number of para-hydroxylation sites is 1. The summed E-state index contributed by atoms with van der Waals surface area (Å²) in [5, 5.41) is 7.61. The van der Waals surface area contributed by atoms with Crippen LogP contribution < -0.4 is 10.6 Å². The maximum Gasteiger partial charge on any atom is 0.224 e. The SMILES string of the molecule is CNc1nc(NC2CCC2)c2ccccc2n1. The normalized spacial score (nSPS) is 15.6. The van der Waals surface area contributed by atoms with Crippen LogP contribution in [-0.2, 0) is 0 Å². The number of hydrogen-bond acceptors (Lipinski definition) is 4. The van der Waals surface area contributed by atoms with Crippen LogP contribution in [0.3, 0.4) is 0 Å². The molecule has 0 atom stereocenters. The molecule has 0 radical (unpaired) electrons. The Morgan fingerprint density at radius 1 is 1.18 bits per heavy atom. The molecule has 1 aromatic carbocycles. The standard InChI is InChI=1S/C13H16N4/c1-14-13-16-11-8-3-2-7-10(11)12(17-13)15-9-5-4-6-9/h2-3,7-9H,4-6H2,1H3,(H2,14,15,16,17). The highest BCUT2D eigenvalue weighted by Crippen LogP contribution is 2.27. The number of rotatable bonds is 3. The summed E-state index contributed by atoms with van der Waals surface area (Å²) in [5.74, 6) is 1.62. The third-order valence-electron chi connectivity index (χ3n) is 3.27. The number of fused-ring (bicyclic) bond motifs is 1. The van der Waals surface area contributed by atoms with Crippen molar-refractivity contribution in [3.05, 3.63) is 24.3 Å². The van der Waals surface area contributed by atoms with Gasteiger partial charge < -0.3 is 10.6 Å². The highest BCUT2D eigenvalue weighted by atomic mass is 15.1. The van der Waals surface area contributed by atoms with E-state index in [1.807, 2.05) is 25.2 Å². The van der Waals surface area contributed by atoms with Crippen molar-refractivity contribution in [2.45, 2.75) is 25.3 Å². The van der Waals surface area contributed by atoms with Gasteiger partial charge in [-0.1, -0.05) is 12.1 Å². The van der Waals surface area contributed by atoms with Gasteiger partial charge in [-0.3, -0.25) is 0 Å². The van der Waals surface area contributed by atoms with Crippen molar-refractivity contribution in [3.63, 3.8) is 0 Å². The third-order valence-corrected chi connectivity index (χ3v) is 3.27. The van der Waals surface area contributed by atoms with E-state index in [1.165, 1.54) is 19.3 Å². The number of nitrogens with zero attached hydrogens (tertiary/aromatic N) is 2. The van der Waals surface area contributed by atoms with Gasteiger partial charge in [-0.15, -0.1) is 0 Å². The van der Waals surface area contributed by atoms with E-state index in [1.54, 1.807) is 0 Å². The van der Waals surface area contributed by atoms with Crippen LogP contribution in [0.2, 0.25) is 0 Å². The fourth-order valence-corrected chi connectivity index (χ4v) is 2.04. The van der Waals surface area contributed by atoms with Crippen molar-refractivity contribution >= 4 is 22.7 Å². The molecular formula is C13H16N4. The molecule has 17 heavy (non-hydrogen) atoms. The molecule has 0 aliphatic heterocycles. The van der Waals surface area contributed by atoms with E-state index in [0.29, 0.717) is 12.0 Å². The van der Waals surface area contributed by atoms with Gasteiger partial charge in [0.15, 0.2) is 0 Å². The van der Waals surface area contributed by atoms with Crippen LogP contribution in [0.25, 0.3) is 10.9 Å². The molecular weight excluding hydrogens is 212 g/mol. The molecule has 1 heterocycles. The van der Waals surface area contributed by atoms with Crippen molar-refractivity contribution in [3.8, 4) is 0 Å². The van der Waals surface area contributed by atoms with E-state index in [0.717, 1.165) is 16.7 Å². The molecule has 0 spiro atoms. The van der Waals surface area contributed by atoms with Gasteiger partial charge in [0.05, 0.1) is 5.52 Å². The van der Waals surface area contributed by atoms with Crippen LogP contribution in [0, 0.1) is 0 Å². The van der Waals surface area contributed by atoms with Crippen molar-refractivity contribution in [2.75, 3.05) is 17.7 Å². The van der Waals surface area contributed by atoms with E-state index < -0.39 is 0 Å². The molecule has 0 bridgehead atoms. The summed E-state index contributed by atoms with van der Waals surface area (Å²) in [4.78, 5) is 8.95. The second kappa shape index (κ2) is 4.20. The van der Waals surface area contributed by atoms with Crippen LogP contribution in [0.4, 0.5) is 11.8 Å². The average molecular weight is 228 g/mol. The van der Waals surface area contributed by atoms with Crippen LogP contribution in [-0.4, -0.2) is 23.1 Å². The van der Waals surface area contributed by atoms with Gasteiger partial charge in [0.25, 0.3) is 0 Å². The number of hydrogen-bond donors (Lipinski definition) is 2. The molecule has 0 unspecified atom stereocenters. The molecule has 1 aliphatic rings. The fraction of sp³-hybridized carbons (Fsp3) is 0.385. The minimum atomic E-state index is 0.581. The Morgan fingerprint density at radius 2 is 2.00 bits per heavy atom. The van der Waals surface area contributed by atoms with Gasteiger partial charge in [-0.05, 0) is 31.4 Å². The van der Waals surface area contributed by atoms with Crippen molar-refractivity contribution in [1.82, 2.24) is 9.97 Å². The molecule has 0 saturated heterocycles. The number of nitrogens with one attached hydrogen (secondary N) is 2. The van der Waals surface area contributed by atoms with Crippen molar-refractivity contribution in [1.29, 1.82) is 0 Å². The Morgan fingerprint density at radius 3 is 2.71 bits per heavy atom. The lowest BCUT2D eigenvalue weighted by atomic mass is 9.93. The zero-order valence-electron chi connectivity index (χ0n) is 9.90. The van der Waals surface area contributed by atoms with Crippen molar-refractivity contribution in [2.24, 2.45) is 0 Å². The second-order valence-corrected chi connectivity index (χ2v) is 4.44. The zero-order chi connectivity index (χ0) is 11.7. The summed E-state index contributed by atoms with van der Waals surface area (Å²) in [7, 11) is 1.84. The Hall–Kier alpha value is -1.84. The maximum absolute atomic E-state index is 4.51. The molecule has 4 nitrogen and oxygen atoms in total. The molecule has 4 heteroatoms. The highest BCUT2D eigenvalue weighted by Gasteiger charge is 2.18. The lowest BCUT2D eigenvalue weighted by molar-refractivity contribution is 0.445. The van der Waals surface area contributed by atoms with E-state index in [4.69, 9.17) is 0 Å². The second-order valence-electron chi connectivity index (χ2n) is 4.44. The zero-order valence-corrected chi connectivity index (χ0v) is 9.90. The van der Waals surface area contributed by atoms with Gasteiger partial charge in [-0.2, -0.15) is 4.98 Å². The summed E-state index contributed by atoms with van der Waals surface area (Å²) in [6, 6.07) is 8.69. The summed E-state index contributed by atoms with van der Waals surface area (Å²) in [6.07, 6.45) is 3.81. The smallest absolute Gasteiger partial charge is 0.224 e. The van der Waals surface area contributed by atoms with Gasteiger partial charge >= 0.3 is 0 Å². The molecule has 1 aromatic heterocycles.